The molecule has 0 spiro atoms. The van der Waals surface area contributed by atoms with Crippen LogP contribution in [0.25, 0.3) is 0 Å². The molecule has 1 saturated carbocycles. The van der Waals surface area contributed by atoms with Gasteiger partial charge in [0.05, 0.1) is 17.9 Å². The number of hydrogen-bond donors (Lipinski definition) is 2. The number of rotatable bonds is 4. The molecule has 3 atom stereocenters. The first-order valence-corrected chi connectivity index (χ1v) is 6.88. The van der Waals surface area contributed by atoms with E-state index in [2.05, 4.69) is 5.32 Å². The van der Waals surface area contributed by atoms with Crippen molar-refractivity contribution in [3.05, 3.63) is 35.4 Å². The molecule has 1 amide bonds. The topological polar surface area (TPSA) is 66.4 Å². The van der Waals surface area contributed by atoms with Crippen molar-refractivity contribution in [1.82, 2.24) is 5.32 Å². The summed E-state index contributed by atoms with van der Waals surface area (Å²) in [6.07, 6.45) is 1.73. The second-order valence-corrected chi connectivity index (χ2v) is 5.39. The highest BCUT2D eigenvalue weighted by atomic mass is 19.2. The van der Waals surface area contributed by atoms with Crippen LogP contribution in [0.2, 0.25) is 0 Å². The fourth-order valence-electron chi connectivity index (χ4n) is 2.75. The van der Waals surface area contributed by atoms with Gasteiger partial charge < -0.3 is 10.4 Å². The van der Waals surface area contributed by atoms with Gasteiger partial charge in [0.15, 0.2) is 11.6 Å². The van der Waals surface area contributed by atoms with Crippen molar-refractivity contribution in [1.29, 1.82) is 0 Å². The van der Waals surface area contributed by atoms with Gasteiger partial charge in [-0.2, -0.15) is 0 Å². The molecule has 0 radical (unpaired) electrons. The van der Waals surface area contributed by atoms with Crippen molar-refractivity contribution in [2.45, 2.75) is 32.2 Å². The molecule has 2 rings (SSSR count). The molecule has 0 aliphatic heterocycles. The highest BCUT2D eigenvalue weighted by Gasteiger charge is 2.38. The van der Waals surface area contributed by atoms with E-state index in [0.29, 0.717) is 24.8 Å². The van der Waals surface area contributed by atoms with Crippen LogP contribution in [0.1, 0.15) is 37.8 Å². The number of halogens is 2. The average molecular weight is 297 g/mol. The molecule has 2 N–H and O–H groups in total. The van der Waals surface area contributed by atoms with Crippen LogP contribution in [0.4, 0.5) is 8.78 Å². The fourth-order valence-corrected chi connectivity index (χ4v) is 2.75. The van der Waals surface area contributed by atoms with E-state index in [1.54, 1.807) is 6.92 Å². The normalized spacial score (nSPS) is 22.8. The van der Waals surface area contributed by atoms with E-state index in [-0.39, 0.29) is 5.91 Å². The van der Waals surface area contributed by atoms with E-state index in [0.717, 1.165) is 12.1 Å². The van der Waals surface area contributed by atoms with Gasteiger partial charge >= 0.3 is 5.97 Å². The van der Waals surface area contributed by atoms with Crippen molar-refractivity contribution in [2.75, 3.05) is 0 Å². The lowest BCUT2D eigenvalue weighted by atomic mass is 9.94. The minimum Gasteiger partial charge on any atom is -0.481 e. The van der Waals surface area contributed by atoms with Crippen LogP contribution in [0.5, 0.6) is 0 Å². The van der Waals surface area contributed by atoms with Gasteiger partial charge in [-0.05, 0) is 37.5 Å². The van der Waals surface area contributed by atoms with Crippen LogP contribution in [0.3, 0.4) is 0 Å². The van der Waals surface area contributed by atoms with Gasteiger partial charge in [0.2, 0.25) is 5.91 Å². The summed E-state index contributed by atoms with van der Waals surface area (Å²) in [6.45, 7) is 1.65. The number of benzene rings is 1. The largest absolute Gasteiger partial charge is 0.481 e. The van der Waals surface area contributed by atoms with Crippen molar-refractivity contribution < 1.29 is 23.5 Å². The number of carboxylic acid groups (broad SMARTS) is 1. The lowest BCUT2D eigenvalue weighted by Gasteiger charge is -2.20. The monoisotopic (exact) mass is 297 g/mol. The zero-order valence-electron chi connectivity index (χ0n) is 11.6. The van der Waals surface area contributed by atoms with Gasteiger partial charge in [0, 0.05) is 0 Å². The molecule has 0 saturated heterocycles. The minimum absolute atomic E-state index is 0.350. The predicted molar refractivity (Wildman–Crippen MR) is 71.4 cm³/mol. The SMILES string of the molecule is CC(NC(=O)C1CCCC1C(=O)O)c1ccc(F)c(F)c1. The van der Waals surface area contributed by atoms with Gasteiger partial charge in [-0.15, -0.1) is 0 Å². The van der Waals surface area contributed by atoms with Gasteiger partial charge in [0.25, 0.3) is 0 Å². The first kappa shape index (κ1) is 15.4. The quantitative estimate of drug-likeness (QED) is 0.898. The number of hydrogen-bond acceptors (Lipinski definition) is 2. The molecule has 6 heteroatoms. The summed E-state index contributed by atoms with van der Waals surface area (Å²) in [5, 5.41) is 11.8. The zero-order chi connectivity index (χ0) is 15.6. The van der Waals surface area contributed by atoms with Crippen molar-refractivity contribution in [3.8, 4) is 0 Å². The summed E-state index contributed by atoms with van der Waals surface area (Å²) in [5.41, 5.74) is 0.437. The molecular formula is C15H17F2NO3. The Balaban J connectivity index is 2.04. The molecule has 1 fully saturated rings. The number of aliphatic carboxylic acids is 1. The third-order valence-corrected chi connectivity index (χ3v) is 3.97. The number of nitrogens with one attached hydrogen (secondary N) is 1. The summed E-state index contributed by atoms with van der Waals surface area (Å²) >= 11 is 0. The summed E-state index contributed by atoms with van der Waals surface area (Å²) in [7, 11) is 0. The third-order valence-electron chi connectivity index (χ3n) is 3.97. The van der Waals surface area contributed by atoms with E-state index in [1.807, 2.05) is 0 Å². The fraction of sp³-hybridized carbons (Fsp3) is 0.467. The average Bonchev–Trinajstić information content (AvgIpc) is 2.91. The van der Waals surface area contributed by atoms with Gasteiger partial charge in [-0.3, -0.25) is 9.59 Å². The molecule has 21 heavy (non-hydrogen) atoms. The van der Waals surface area contributed by atoms with E-state index < -0.39 is 35.5 Å². The van der Waals surface area contributed by atoms with Crippen molar-refractivity contribution >= 4 is 11.9 Å². The molecule has 3 unspecified atom stereocenters. The highest BCUT2D eigenvalue weighted by Crippen LogP contribution is 2.32. The predicted octanol–water partition coefficient (Wildman–Crippen LogP) is 2.64. The standard InChI is InChI=1S/C15H17F2NO3/c1-8(9-5-6-12(16)13(17)7-9)18-14(19)10-3-2-4-11(10)15(20)21/h5-8,10-11H,2-4H2,1H3,(H,18,19)(H,20,21). The van der Waals surface area contributed by atoms with Crippen LogP contribution in [-0.2, 0) is 9.59 Å². The Labute approximate surface area is 121 Å². The maximum Gasteiger partial charge on any atom is 0.307 e. The molecule has 0 aromatic heterocycles. The Bertz CT molecular complexity index is 562. The second-order valence-electron chi connectivity index (χ2n) is 5.39. The molecule has 1 aromatic rings. The Morgan fingerprint density at radius 3 is 2.52 bits per heavy atom. The van der Waals surface area contributed by atoms with Crippen LogP contribution < -0.4 is 5.32 Å². The Morgan fingerprint density at radius 2 is 1.90 bits per heavy atom. The maximum absolute atomic E-state index is 13.2. The van der Waals surface area contributed by atoms with Gasteiger partial charge in [0.1, 0.15) is 0 Å². The van der Waals surface area contributed by atoms with E-state index in [1.165, 1.54) is 6.07 Å². The van der Waals surface area contributed by atoms with Crippen molar-refractivity contribution in [3.63, 3.8) is 0 Å². The van der Waals surface area contributed by atoms with Gasteiger partial charge in [-0.25, -0.2) is 8.78 Å². The first-order chi connectivity index (χ1) is 9.90. The van der Waals surface area contributed by atoms with Crippen LogP contribution in [0, 0.1) is 23.5 Å². The first-order valence-electron chi connectivity index (χ1n) is 6.88. The summed E-state index contributed by atoms with van der Waals surface area (Å²) < 4.78 is 26.1. The number of amides is 1. The summed E-state index contributed by atoms with van der Waals surface area (Å²) in [5.74, 6) is -4.46. The molecular weight excluding hydrogens is 280 g/mol. The summed E-state index contributed by atoms with van der Waals surface area (Å²) in [6, 6.07) is 2.92. The minimum atomic E-state index is -0.974. The Kier molecular flexibility index (Phi) is 4.55. The van der Waals surface area contributed by atoms with Crippen LogP contribution in [-0.4, -0.2) is 17.0 Å². The molecule has 1 aliphatic rings. The Morgan fingerprint density at radius 1 is 1.24 bits per heavy atom. The van der Waals surface area contributed by atoms with Crippen molar-refractivity contribution in [2.24, 2.45) is 11.8 Å². The number of carbonyl (C=O) groups excluding carboxylic acids is 1. The third kappa shape index (κ3) is 3.37. The maximum atomic E-state index is 13.2. The molecule has 1 aromatic carbocycles. The van der Waals surface area contributed by atoms with Crippen LogP contribution in [0.15, 0.2) is 18.2 Å². The van der Waals surface area contributed by atoms with Crippen LogP contribution >= 0.6 is 0 Å². The number of carbonyl (C=O) groups is 2. The number of carboxylic acids is 1. The van der Waals surface area contributed by atoms with E-state index in [9.17, 15) is 18.4 Å². The van der Waals surface area contributed by atoms with E-state index >= 15 is 0 Å². The Hall–Kier alpha value is -1.98. The lowest BCUT2D eigenvalue weighted by molar-refractivity contribution is -0.146. The van der Waals surface area contributed by atoms with Gasteiger partial charge in [-0.1, -0.05) is 12.5 Å². The zero-order valence-corrected chi connectivity index (χ0v) is 11.6. The molecule has 4 nitrogen and oxygen atoms in total. The second kappa shape index (κ2) is 6.20. The molecule has 114 valence electrons. The van der Waals surface area contributed by atoms with E-state index in [4.69, 9.17) is 5.11 Å². The highest BCUT2D eigenvalue weighted by molar-refractivity contribution is 5.85. The molecule has 0 bridgehead atoms. The molecule has 1 aliphatic carbocycles. The molecule has 0 heterocycles. The summed E-state index contributed by atoms with van der Waals surface area (Å²) in [4.78, 5) is 23.2. The lowest BCUT2D eigenvalue weighted by Crippen LogP contribution is -2.36. The smallest absolute Gasteiger partial charge is 0.307 e.